The van der Waals surface area contributed by atoms with Gasteiger partial charge in [-0.15, -0.1) is 13.2 Å². The average molecular weight is 257 g/mol. The molecule has 0 aromatic heterocycles. The number of rotatable bonds is 3. The van der Waals surface area contributed by atoms with Crippen LogP contribution in [0.25, 0.3) is 11.1 Å². The number of halogens is 3. The summed E-state index contributed by atoms with van der Waals surface area (Å²) in [7, 11) is 0. The number of anilines is 1. The van der Waals surface area contributed by atoms with Crippen molar-refractivity contribution in [3.63, 3.8) is 0 Å². The van der Waals surface area contributed by atoms with Crippen LogP contribution in [0.5, 0.6) is 5.75 Å². The fraction of sp³-hybridized carbons (Fsp3) is 0.231. The Bertz CT molecular complexity index is 468. The van der Waals surface area contributed by atoms with Gasteiger partial charge in [-0.3, -0.25) is 0 Å². The highest BCUT2D eigenvalue weighted by Crippen LogP contribution is 2.34. The highest BCUT2D eigenvalue weighted by molar-refractivity contribution is 5.83. The third-order valence-corrected chi connectivity index (χ3v) is 2.31. The minimum absolute atomic E-state index is 0.326. The van der Waals surface area contributed by atoms with Crippen LogP contribution in [0.3, 0.4) is 0 Å². The fourth-order valence-electron chi connectivity index (χ4n) is 1.53. The third-order valence-electron chi connectivity index (χ3n) is 2.31. The maximum absolute atomic E-state index is 12.2. The van der Waals surface area contributed by atoms with E-state index < -0.39 is 6.36 Å². The second-order valence-electron chi connectivity index (χ2n) is 4.04. The third kappa shape index (κ3) is 3.29. The lowest BCUT2D eigenvalue weighted by atomic mass is 9.98. The summed E-state index contributed by atoms with van der Waals surface area (Å²) in [5.41, 5.74) is 8.18. The Hall–Kier alpha value is -1.91. The van der Waals surface area contributed by atoms with E-state index in [0.29, 0.717) is 28.0 Å². The van der Waals surface area contributed by atoms with Gasteiger partial charge >= 0.3 is 6.36 Å². The van der Waals surface area contributed by atoms with Crippen LogP contribution in [0.4, 0.5) is 18.9 Å². The van der Waals surface area contributed by atoms with Crippen LogP contribution in [-0.4, -0.2) is 6.36 Å². The molecule has 0 atom stereocenters. The molecule has 0 amide bonds. The number of benzene rings is 1. The summed E-state index contributed by atoms with van der Waals surface area (Å²) in [6.07, 6.45) is -4.74. The van der Waals surface area contributed by atoms with Crippen LogP contribution in [-0.2, 0) is 0 Å². The lowest BCUT2D eigenvalue weighted by molar-refractivity contribution is -0.274. The van der Waals surface area contributed by atoms with Gasteiger partial charge in [0.2, 0.25) is 0 Å². The van der Waals surface area contributed by atoms with E-state index in [1.165, 1.54) is 12.1 Å². The molecule has 2 nitrogen and oxygen atoms in total. The second-order valence-corrected chi connectivity index (χ2v) is 4.04. The van der Waals surface area contributed by atoms with Crippen molar-refractivity contribution in [2.24, 2.45) is 0 Å². The zero-order chi connectivity index (χ0) is 14.1. The Balaban J connectivity index is 3.38. The first-order valence-electron chi connectivity index (χ1n) is 5.13. The van der Waals surface area contributed by atoms with Gasteiger partial charge < -0.3 is 10.5 Å². The Labute approximate surface area is 104 Å². The molecule has 0 spiro atoms. The highest BCUT2D eigenvalue weighted by atomic mass is 19.4. The molecule has 0 bridgehead atoms. The summed E-state index contributed by atoms with van der Waals surface area (Å²) in [5, 5.41) is 0. The second kappa shape index (κ2) is 4.76. The topological polar surface area (TPSA) is 35.2 Å². The number of nitrogen functional groups attached to an aromatic ring is 1. The Morgan fingerprint density at radius 1 is 1.11 bits per heavy atom. The zero-order valence-corrected chi connectivity index (χ0v) is 10.2. The molecule has 0 heterocycles. The van der Waals surface area contributed by atoms with Gasteiger partial charge in [0.25, 0.3) is 0 Å². The molecule has 18 heavy (non-hydrogen) atoms. The number of hydrogen-bond acceptors (Lipinski definition) is 2. The molecule has 5 heteroatoms. The first kappa shape index (κ1) is 14.2. The smallest absolute Gasteiger partial charge is 0.406 e. The minimum Gasteiger partial charge on any atom is -0.406 e. The molecule has 1 aromatic rings. The maximum atomic E-state index is 12.2. The summed E-state index contributed by atoms with van der Waals surface area (Å²) in [4.78, 5) is 0. The van der Waals surface area contributed by atoms with Crippen LogP contribution in [0.1, 0.15) is 25.0 Å². The van der Waals surface area contributed by atoms with Crippen molar-refractivity contribution in [2.45, 2.75) is 20.2 Å². The van der Waals surface area contributed by atoms with Gasteiger partial charge in [0.1, 0.15) is 5.75 Å². The lowest BCUT2D eigenvalue weighted by Crippen LogP contribution is -2.17. The largest absolute Gasteiger partial charge is 0.573 e. The van der Waals surface area contributed by atoms with Crippen LogP contribution in [0, 0.1) is 0 Å². The molecular weight excluding hydrogens is 243 g/mol. The molecule has 0 radical (unpaired) electrons. The minimum atomic E-state index is -4.74. The van der Waals surface area contributed by atoms with Crippen molar-refractivity contribution in [1.29, 1.82) is 0 Å². The molecular formula is C13H14F3NO. The van der Waals surface area contributed by atoms with E-state index >= 15 is 0 Å². The highest BCUT2D eigenvalue weighted by Gasteiger charge is 2.31. The van der Waals surface area contributed by atoms with Gasteiger partial charge in [-0.1, -0.05) is 13.2 Å². The monoisotopic (exact) mass is 257 g/mol. The number of ether oxygens (including phenoxy) is 1. The van der Waals surface area contributed by atoms with E-state index in [1.54, 1.807) is 13.8 Å². The van der Waals surface area contributed by atoms with Crippen molar-refractivity contribution >= 4 is 16.8 Å². The van der Waals surface area contributed by atoms with Gasteiger partial charge in [0.15, 0.2) is 0 Å². The van der Waals surface area contributed by atoms with Crippen LogP contribution in [0.2, 0.25) is 0 Å². The van der Waals surface area contributed by atoms with E-state index in [0.717, 1.165) is 0 Å². The van der Waals surface area contributed by atoms with Crippen LogP contribution < -0.4 is 10.5 Å². The van der Waals surface area contributed by atoms with Crippen molar-refractivity contribution in [2.75, 3.05) is 5.73 Å². The molecule has 98 valence electrons. The van der Waals surface area contributed by atoms with E-state index in [1.807, 2.05) is 0 Å². The Morgan fingerprint density at radius 2 is 1.50 bits per heavy atom. The predicted octanol–water partition coefficient (Wildman–Crippen LogP) is 4.23. The molecule has 0 aliphatic heterocycles. The molecule has 0 fully saturated rings. The number of allylic oxidation sites excluding steroid dienone is 2. The molecule has 0 unspecified atom stereocenters. The van der Waals surface area contributed by atoms with Crippen molar-refractivity contribution in [3.05, 3.63) is 36.4 Å². The molecule has 0 aliphatic carbocycles. The van der Waals surface area contributed by atoms with Crippen LogP contribution in [0.15, 0.2) is 25.3 Å². The standard InChI is InChI=1S/C13H14F3NO/c1-7(2)10-5-9(18-13(14,15)16)6-11(8(3)4)12(10)17/h5-6H,1,3,17H2,2,4H3. The van der Waals surface area contributed by atoms with Gasteiger partial charge in [-0.05, 0) is 37.1 Å². The normalized spacial score (nSPS) is 11.2. The molecule has 1 rings (SSSR count). The summed E-state index contributed by atoms with van der Waals surface area (Å²) >= 11 is 0. The first-order chi connectivity index (χ1) is 8.11. The van der Waals surface area contributed by atoms with Gasteiger partial charge in [-0.2, -0.15) is 0 Å². The maximum Gasteiger partial charge on any atom is 0.573 e. The molecule has 0 saturated carbocycles. The van der Waals surface area contributed by atoms with E-state index in [4.69, 9.17) is 5.73 Å². The van der Waals surface area contributed by atoms with Gasteiger partial charge in [-0.25, -0.2) is 0 Å². The van der Waals surface area contributed by atoms with Crippen molar-refractivity contribution in [3.8, 4) is 5.75 Å². The van der Waals surface area contributed by atoms with Crippen molar-refractivity contribution in [1.82, 2.24) is 0 Å². The fourth-order valence-corrected chi connectivity index (χ4v) is 1.53. The lowest BCUT2D eigenvalue weighted by Gasteiger charge is -2.15. The van der Waals surface area contributed by atoms with Gasteiger partial charge in [0, 0.05) is 16.8 Å². The molecule has 0 aliphatic rings. The van der Waals surface area contributed by atoms with E-state index in [2.05, 4.69) is 17.9 Å². The first-order valence-corrected chi connectivity index (χ1v) is 5.13. The quantitative estimate of drug-likeness (QED) is 0.822. The average Bonchev–Trinajstić information content (AvgIpc) is 2.17. The summed E-state index contributed by atoms with van der Waals surface area (Å²) in [5.74, 6) is -0.326. The number of nitrogens with two attached hydrogens (primary N) is 1. The van der Waals surface area contributed by atoms with E-state index in [-0.39, 0.29) is 5.75 Å². The zero-order valence-electron chi connectivity index (χ0n) is 10.2. The van der Waals surface area contributed by atoms with Crippen molar-refractivity contribution < 1.29 is 17.9 Å². The van der Waals surface area contributed by atoms with Gasteiger partial charge in [0.05, 0.1) is 0 Å². The molecule has 0 saturated heterocycles. The number of alkyl halides is 3. The molecule has 1 aromatic carbocycles. The predicted molar refractivity (Wildman–Crippen MR) is 67.0 cm³/mol. The SMILES string of the molecule is C=C(C)c1cc(OC(F)(F)F)cc(C(=C)C)c1N. The van der Waals surface area contributed by atoms with Crippen LogP contribution >= 0.6 is 0 Å². The number of hydrogen-bond donors (Lipinski definition) is 1. The Kier molecular flexibility index (Phi) is 3.74. The summed E-state index contributed by atoms with van der Waals surface area (Å²) in [6, 6.07) is 2.44. The summed E-state index contributed by atoms with van der Waals surface area (Å²) < 4.78 is 40.5. The Morgan fingerprint density at radius 3 is 1.78 bits per heavy atom. The van der Waals surface area contributed by atoms with E-state index in [9.17, 15) is 13.2 Å². The molecule has 2 N–H and O–H groups in total. The summed E-state index contributed by atoms with van der Waals surface area (Å²) in [6.45, 7) is 10.7.